The highest BCUT2D eigenvalue weighted by atomic mass is 32.2. The van der Waals surface area contributed by atoms with Gasteiger partial charge in [0.1, 0.15) is 0 Å². The third kappa shape index (κ3) is 5.56. The van der Waals surface area contributed by atoms with Crippen LogP contribution in [-0.2, 0) is 16.6 Å². The van der Waals surface area contributed by atoms with Crippen molar-refractivity contribution in [3.8, 4) is 0 Å². The summed E-state index contributed by atoms with van der Waals surface area (Å²) in [6.07, 6.45) is 3.58. The number of thiophene rings is 1. The maximum Gasteiger partial charge on any atom is 0.241 e. The summed E-state index contributed by atoms with van der Waals surface area (Å²) < 4.78 is 27.3. The van der Waals surface area contributed by atoms with Gasteiger partial charge in [0.25, 0.3) is 0 Å². The molecular formula is C14H24N2O2S3. The molecule has 0 amide bonds. The van der Waals surface area contributed by atoms with Gasteiger partial charge in [-0.25, -0.2) is 13.1 Å². The molecule has 0 saturated carbocycles. The van der Waals surface area contributed by atoms with Crippen LogP contribution < -0.4 is 10.0 Å². The Morgan fingerprint density at radius 1 is 1.38 bits per heavy atom. The second kappa shape index (κ2) is 7.97. The molecule has 2 rings (SSSR count). The number of thioether (sulfide) groups is 1. The lowest BCUT2D eigenvalue weighted by Gasteiger charge is -2.21. The molecule has 2 heterocycles. The minimum atomic E-state index is -3.36. The van der Waals surface area contributed by atoms with E-state index in [2.05, 4.69) is 23.9 Å². The maximum absolute atomic E-state index is 12.3. The predicted octanol–water partition coefficient (Wildman–Crippen LogP) is 2.81. The Labute approximate surface area is 136 Å². The second-order valence-electron chi connectivity index (χ2n) is 5.62. The second-order valence-corrected chi connectivity index (χ2v) is 9.80. The standard InChI is InChI=1S/C14H24N2O2S3/c1-11(2)15-8-13-7-14(10-20-13)21(17,18)16-9-12-5-3-4-6-19-12/h7,10-12,15-16H,3-6,8-9H2,1-2H3. The van der Waals surface area contributed by atoms with Crippen LogP contribution in [-0.4, -0.2) is 32.0 Å². The molecule has 2 N–H and O–H groups in total. The molecule has 1 saturated heterocycles. The first-order valence-corrected chi connectivity index (χ1v) is 10.8. The van der Waals surface area contributed by atoms with Crippen molar-refractivity contribution in [2.24, 2.45) is 0 Å². The van der Waals surface area contributed by atoms with Crippen LogP contribution in [0.15, 0.2) is 16.3 Å². The number of sulfonamides is 1. The molecular weight excluding hydrogens is 324 g/mol. The largest absolute Gasteiger partial charge is 0.310 e. The van der Waals surface area contributed by atoms with Crippen molar-refractivity contribution in [1.29, 1.82) is 0 Å². The number of nitrogens with one attached hydrogen (secondary N) is 2. The molecule has 0 bridgehead atoms. The Hall–Kier alpha value is -0.0800. The molecule has 0 spiro atoms. The van der Waals surface area contributed by atoms with Gasteiger partial charge in [0, 0.05) is 34.6 Å². The SMILES string of the molecule is CC(C)NCc1cc(S(=O)(=O)NCC2CCCCS2)cs1. The molecule has 1 atom stereocenters. The molecule has 0 aliphatic carbocycles. The van der Waals surface area contributed by atoms with Crippen LogP contribution in [0.4, 0.5) is 0 Å². The van der Waals surface area contributed by atoms with Crippen molar-refractivity contribution in [1.82, 2.24) is 10.0 Å². The van der Waals surface area contributed by atoms with E-state index in [1.165, 1.54) is 24.2 Å². The van der Waals surface area contributed by atoms with Crippen LogP contribution in [0.5, 0.6) is 0 Å². The predicted molar refractivity (Wildman–Crippen MR) is 91.6 cm³/mol. The van der Waals surface area contributed by atoms with Crippen molar-refractivity contribution in [3.05, 3.63) is 16.3 Å². The first kappa shape index (κ1) is 17.3. The molecule has 21 heavy (non-hydrogen) atoms. The van der Waals surface area contributed by atoms with Crippen LogP contribution >= 0.6 is 23.1 Å². The highest BCUT2D eigenvalue weighted by Crippen LogP contribution is 2.25. The van der Waals surface area contributed by atoms with E-state index in [9.17, 15) is 8.42 Å². The quantitative estimate of drug-likeness (QED) is 0.795. The lowest BCUT2D eigenvalue weighted by molar-refractivity contribution is 0.573. The average Bonchev–Trinajstić information content (AvgIpc) is 2.94. The smallest absolute Gasteiger partial charge is 0.241 e. The zero-order chi connectivity index (χ0) is 15.3. The summed E-state index contributed by atoms with van der Waals surface area (Å²) in [4.78, 5) is 1.45. The van der Waals surface area contributed by atoms with Gasteiger partial charge in [-0.3, -0.25) is 0 Å². The third-order valence-corrected chi connectivity index (χ3v) is 7.29. The lowest BCUT2D eigenvalue weighted by atomic mass is 10.2. The van der Waals surface area contributed by atoms with Crippen molar-refractivity contribution in [3.63, 3.8) is 0 Å². The summed E-state index contributed by atoms with van der Waals surface area (Å²) in [5, 5.41) is 5.46. The van der Waals surface area contributed by atoms with Crippen molar-refractivity contribution >= 4 is 33.1 Å². The van der Waals surface area contributed by atoms with Gasteiger partial charge in [0.05, 0.1) is 4.90 Å². The molecule has 120 valence electrons. The molecule has 1 aromatic heterocycles. The minimum absolute atomic E-state index is 0.397. The van der Waals surface area contributed by atoms with E-state index in [-0.39, 0.29) is 0 Å². The fourth-order valence-corrected chi connectivity index (χ4v) is 5.80. The molecule has 1 aliphatic heterocycles. The molecule has 1 unspecified atom stereocenters. The third-order valence-electron chi connectivity index (χ3n) is 3.40. The highest BCUT2D eigenvalue weighted by molar-refractivity contribution is 8.00. The van der Waals surface area contributed by atoms with Gasteiger partial charge < -0.3 is 5.32 Å². The average molecular weight is 349 g/mol. The molecule has 1 fully saturated rings. The molecule has 0 aromatic carbocycles. The topological polar surface area (TPSA) is 58.2 Å². The molecule has 0 radical (unpaired) electrons. The number of hydrogen-bond donors (Lipinski definition) is 2. The van der Waals surface area contributed by atoms with E-state index in [1.54, 1.807) is 11.4 Å². The summed E-state index contributed by atoms with van der Waals surface area (Å²) in [5.74, 6) is 1.15. The van der Waals surface area contributed by atoms with Crippen molar-refractivity contribution < 1.29 is 8.42 Å². The van der Waals surface area contributed by atoms with Gasteiger partial charge in [-0.15, -0.1) is 11.3 Å². The van der Waals surface area contributed by atoms with Gasteiger partial charge in [-0.2, -0.15) is 11.8 Å². The van der Waals surface area contributed by atoms with E-state index in [0.29, 0.717) is 22.7 Å². The van der Waals surface area contributed by atoms with Crippen LogP contribution in [0.25, 0.3) is 0 Å². The lowest BCUT2D eigenvalue weighted by Crippen LogP contribution is -2.31. The van der Waals surface area contributed by atoms with Gasteiger partial charge >= 0.3 is 0 Å². The van der Waals surface area contributed by atoms with E-state index >= 15 is 0 Å². The van der Waals surface area contributed by atoms with Gasteiger partial charge in [-0.1, -0.05) is 20.3 Å². The van der Waals surface area contributed by atoms with Crippen LogP contribution in [0.2, 0.25) is 0 Å². The van der Waals surface area contributed by atoms with E-state index in [0.717, 1.165) is 23.6 Å². The fourth-order valence-electron chi connectivity index (χ4n) is 2.15. The monoisotopic (exact) mass is 348 g/mol. The first-order chi connectivity index (χ1) is 9.97. The molecule has 7 heteroatoms. The van der Waals surface area contributed by atoms with E-state index in [1.807, 2.05) is 11.8 Å². The first-order valence-electron chi connectivity index (χ1n) is 7.39. The van der Waals surface area contributed by atoms with Gasteiger partial charge in [-0.05, 0) is 24.7 Å². The fraction of sp³-hybridized carbons (Fsp3) is 0.714. The van der Waals surface area contributed by atoms with Gasteiger partial charge in [0.15, 0.2) is 0 Å². The summed E-state index contributed by atoms with van der Waals surface area (Å²) in [7, 11) is -3.36. The molecule has 1 aromatic rings. The summed E-state index contributed by atoms with van der Waals surface area (Å²) in [6.45, 7) is 5.42. The molecule has 1 aliphatic rings. The van der Waals surface area contributed by atoms with E-state index in [4.69, 9.17) is 0 Å². The Morgan fingerprint density at radius 2 is 2.19 bits per heavy atom. The van der Waals surface area contributed by atoms with E-state index < -0.39 is 10.0 Å². The normalized spacial score (nSPS) is 20.0. The number of hydrogen-bond acceptors (Lipinski definition) is 5. The van der Waals surface area contributed by atoms with Crippen molar-refractivity contribution in [2.45, 2.75) is 55.8 Å². The van der Waals surface area contributed by atoms with Crippen LogP contribution in [0.3, 0.4) is 0 Å². The van der Waals surface area contributed by atoms with Crippen molar-refractivity contribution in [2.75, 3.05) is 12.3 Å². The summed E-state index contributed by atoms with van der Waals surface area (Å²) >= 11 is 3.37. The van der Waals surface area contributed by atoms with Gasteiger partial charge in [0.2, 0.25) is 10.0 Å². The highest BCUT2D eigenvalue weighted by Gasteiger charge is 2.20. The Morgan fingerprint density at radius 3 is 2.86 bits per heavy atom. The maximum atomic E-state index is 12.3. The molecule has 4 nitrogen and oxygen atoms in total. The number of rotatable bonds is 7. The minimum Gasteiger partial charge on any atom is -0.310 e. The van der Waals surface area contributed by atoms with Crippen LogP contribution in [0.1, 0.15) is 38.0 Å². The Balaban J connectivity index is 1.89. The zero-order valence-electron chi connectivity index (χ0n) is 12.6. The summed E-state index contributed by atoms with van der Waals surface area (Å²) in [5.41, 5.74) is 0. The van der Waals surface area contributed by atoms with Crippen LogP contribution in [0, 0.1) is 0 Å². The summed E-state index contributed by atoms with van der Waals surface area (Å²) in [6, 6.07) is 2.17. The Bertz CT molecular complexity index is 534. The Kier molecular flexibility index (Phi) is 6.55. The zero-order valence-corrected chi connectivity index (χ0v) is 15.0.